The molecule has 0 unspecified atom stereocenters. The first-order valence-electron chi connectivity index (χ1n) is 7.72. The molecule has 0 amide bonds. The van der Waals surface area contributed by atoms with Crippen LogP contribution in [-0.2, 0) is 28.1 Å². The maximum absolute atomic E-state index is 3.30. The normalized spacial score (nSPS) is 12.3. The maximum atomic E-state index is 3.30. The van der Waals surface area contributed by atoms with E-state index in [4.69, 9.17) is 0 Å². The van der Waals surface area contributed by atoms with Crippen LogP contribution in [-0.4, -0.2) is 0 Å². The van der Waals surface area contributed by atoms with Gasteiger partial charge in [-0.25, -0.2) is 11.6 Å². The Bertz CT molecular complexity index is 646. The summed E-state index contributed by atoms with van der Waals surface area (Å²) in [5, 5.41) is 0. The average Bonchev–Trinajstić information content (AvgIpc) is 3.15. The second kappa shape index (κ2) is 11.7. The van der Waals surface area contributed by atoms with Crippen molar-refractivity contribution < 1.29 is 46.5 Å². The van der Waals surface area contributed by atoms with Crippen molar-refractivity contribution in [2.45, 2.75) is 32.6 Å². The molecule has 2 aromatic carbocycles. The molecule has 0 nitrogen and oxygen atoms in total. The van der Waals surface area contributed by atoms with E-state index in [1.165, 1.54) is 40.7 Å². The van der Waals surface area contributed by atoms with E-state index in [2.05, 4.69) is 67.6 Å². The molecule has 0 radical (unpaired) electrons. The van der Waals surface area contributed by atoms with Crippen molar-refractivity contribution in [3.63, 3.8) is 0 Å². The van der Waals surface area contributed by atoms with Crippen LogP contribution in [0.4, 0.5) is 0 Å². The molecule has 0 atom stereocenters. The van der Waals surface area contributed by atoms with Crippen LogP contribution in [0.3, 0.4) is 0 Å². The van der Waals surface area contributed by atoms with Gasteiger partial charge >= 0.3 is 21.7 Å². The number of hydrogen-bond donors (Lipinski definition) is 0. The van der Waals surface area contributed by atoms with Gasteiger partial charge in [-0.05, 0) is 6.42 Å². The predicted molar refractivity (Wildman–Crippen MR) is 88.9 cm³/mol. The zero-order chi connectivity index (χ0) is 14.5. The number of hydrogen-bond acceptors (Lipinski definition) is 0. The van der Waals surface area contributed by atoms with E-state index in [9.17, 15) is 0 Å². The van der Waals surface area contributed by atoms with Crippen molar-refractivity contribution in [2.24, 2.45) is 0 Å². The average molecular weight is 391 g/mol. The van der Waals surface area contributed by atoms with Crippen molar-refractivity contribution in [3.8, 4) is 11.1 Å². The Balaban J connectivity index is 0.000000429. The van der Waals surface area contributed by atoms with Gasteiger partial charge in [0.2, 0.25) is 0 Å². The minimum absolute atomic E-state index is 0. The van der Waals surface area contributed by atoms with Crippen LogP contribution in [0, 0.1) is 12.1 Å². The number of allylic oxidation sites excluding steroid dienone is 4. The molecular formula is C21H20Cl2Ti-2. The van der Waals surface area contributed by atoms with Gasteiger partial charge in [-0.15, -0.1) is 12.0 Å². The van der Waals surface area contributed by atoms with Crippen LogP contribution in [0.15, 0.2) is 60.2 Å². The second-order valence-corrected chi connectivity index (χ2v) is 5.45. The molecule has 0 spiro atoms. The Hall–Kier alpha value is -0.786. The first-order valence-corrected chi connectivity index (χ1v) is 7.72. The summed E-state index contributed by atoms with van der Waals surface area (Å²) >= 11 is 0. The molecular weight excluding hydrogens is 371 g/mol. The predicted octanol–water partition coefficient (Wildman–Crippen LogP) is -0.461. The first-order chi connectivity index (χ1) is 10.4. The van der Waals surface area contributed by atoms with Crippen LogP contribution < -0.4 is 24.8 Å². The Kier molecular flexibility index (Phi) is 11.3. The summed E-state index contributed by atoms with van der Waals surface area (Å²) in [4.78, 5) is 0. The van der Waals surface area contributed by atoms with Gasteiger partial charge in [-0.2, -0.15) is 35.9 Å². The molecule has 3 heteroatoms. The number of halogens is 2. The smallest absolute Gasteiger partial charge is 1.00 e. The minimum atomic E-state index is 0. The maximum Gasteiger partial charge on any atom is 2.00 e. The van der Waals surface area contributed by atoms with Crippen molar-refractivity contribution in [2.75, 3.05) is 0 Å². The Morgan fingerprint density at radius 3 is 2.46 bits per heavy atom. The molecule has 124 valence electrons. The van der Waals surface area contributed by atoms with E-state index in [0.717, 1.165) is 12.8 Å². The minimum Gasteiger partial charge on any atom is -1.00 e. The van der Waals surface area contributed by atoms with Crippen LogP contribution in [0.5, 0.6) is 0 Å². The zero-order valence-electron chi connectivity index (χ0n) is 13.8. The number of rotatable bonds is 2. The van der Waals surface area contributed by atoms with Crippen LogP contribution in [0.2, 0.25) is 0 Å². The molecule has 0 aromatic heterocycles. The standard InChI is InChI=1S/C13H9.C8H11.2ClH.Ti/c1-3-7-12-10(5-1)9-11-6-2-4-8-13(11)12;1-2-5-8-6-3-4-7-8;;;/h1-5,7-8H,9H2;3,6H,2,4-5H2,1H3;2*1H;/q2*-1;;;+2/p-2. The summed E-state index contributed by atoms with van der Waals surface area (Å²) in [5.74, 6) is 0. The van der Waals surface area contributed by atoms with E-state index >= 15 is 0 Å². The fraction of sp³-hybridized carbons (Fsp3) is 0.238. The first kappa shape index (κ1) is 23.2. The van der Waals surface area contributed by atoms with Gasteiger partial charge in [0.25, 0.3) is 0 Å². The van der Waals surface area contributed by atoms with Gasteiger partial charge < -0.3 is 24.8 Å². The largest absolute Gasteiger partial charge is 2.00 e. The molecule has 0 saturated heterocycles. The molecule has 0 N–H and O–H groups in total. The number of fused-ring (bicyclic) bond motifs is 3. The number of benzene rings is 2. The van der Waals surface area contributed by atoms with Gasteiger partial charge in [-0.1, -0.05) is 55.2 Å². The van der Waals surface area contributed by atoms with E-state index in [1.807, 2.05) is 6.07 Å². The molecule has 2 aliphatic rings. The molecule has 0 bridgehead atoms. The van der Waals surface area contributed by atoms with Gasteiger partial charge in [0.1, 0.15) is 0 Å². The third kappa shape index (κ3) is 5.64. The van der Waals surface area contributed by atoms with Crippen molar-refractivity contribution >= 4 is 0 Å². The molecule has 4 rings (SSSR count). The molecule has 0 saturated carbocycles. The Labute approximate surface area is 173 Å². The van der Waals surface area contributed by atoms with E-state index in [0.29, 0.717) is 0 Å². The van der Waals surface area contributed by atoms with Crippen LogP contribution in [0.1, 0.15) is 37.3 Å². The molecule has 0 fully saturated rings. The summed E-state index contributed by atoms with van der Waals surface area (Å²) in [6.45, 7) is 2.20. The molecule has 24 heavy (non-hydrogen) atoms. The molecule has 0 aliphatic heterocycles. The van der Waals surface area contributed by atoms with Gasteiger partial charge in [0.05, 0.1) is 0 Å². The van der Waals surface area contributed by atoms with E-state index in [-0.39, 0.29) is 46.5 Å². The van der Waals surface area contributed by atoms with Gasteiger partial charge in [0.15, 0.2) is 0 Å². The quantitative estimate of drug-likeness (QED) is 0.410. The molecule has 2 aromatic rings. The van der Waals surface area contributed by atoms with Crippen molar-refractivity contribution in [1.82, 2.24) is 0 Å². The van der Waals surface area contributed by atoms with Gasteiger partial charge in [0, 0.05) is 0 Å². The molecule has 0 heterocycles. The summed E-state index contributed by atoms with van der Waals surface area (Å²) in [6.07, 6.45) is 12.1. The Morgan fingerprint density at radius 2 is 1.75 bits per heavy atom. The van der Waals surface area contributed by atoms with E-state index < -0.39 is 0 Å². The summed E-state index contributed by atoms with van der Waals surface area (Å²) in [5.41, 5.74) is 6.91. The van der Waals surface area contributed by atoms with Crippen LogP contribution >= 0.6 is 0 Å². The van der Waals surface area contributed by atoms with E-state index in [1.54, 1.807) is 0 Å². The van der Waals surface area contributed by atoms with Crippen molar-refractivity contribution in [3.05, 3.63) is 83.5 Å². The fourth-order valence-electron chi connectivity index (χ4n) is 2.89. The molecule has 2 aliphatic carbocycles. The summed E-state index contributed by atoms with van der Waals surface area (Å²) in [7, 11) is 0. The van der Waals surface area contributed by atoms with Crippen molar-refractivity contribution in [1.29, 1.82) is 0 Å². The fourth-order valence-corrected chi connectivity index (χ4v) is 2.89. The zero-order valence-corrected chi connectivity index (χ0v) is 16.9. The Morgan fingerprint density at radius 1 is 1.00 bits per heavy atom. The monoisotopic (exact) mass is 390 g/mol. The second-order valence-electron chi connectivity index (χ2n) is 5.45. The van der Waals surface area contributed by atoms with Gasteiger partial charge in [-0.3, -0.25) is 6.08 Å². The van der Waals surface area contributed by atoms with Crippen LogP contribution in [0.25, 0.3) is 11.1 Å². The summed E-state index contributed by atoms with van der Waals surface area (Å²) < 4.78 is 0. The summed E-state index contributed by atoms with van der Waals surface area (Å²) in [6, 6.07) is 18.1. The SMILES string of the molecule is CCCC1=[C-]CC=C1.[Cl-].[Cl-].[Ti+2].[c-]1cccc2c1Cc1ccccc1-2. The third-order valence-electron chi connectivity index (χ3n) is 3.90. The topological polar surface area (TPSA) is 0 Å². The third-order valence-corrected chi connectivity index (χ3v) is 3.90.